The fraction of sp³-hybridized carbons (Fsp3) is 0.583. The van der Waals surface area contributed by atoms with Gasteiger partial charge >= 0.3 is 0 Å². The fourth-order valence-electron chi connectivity index (χ4n) is 1.95. The smallest absolute Gasteiger partial charge is 0.228 e. The number of hydrogen-bond acceptors (Lipinski definition) is 4. The zero-order valence-electron chi connectivity index (χ0n) is 10.1. The van der Waals surface area contributed by atoms with E-state index in [9.17, 15) is 0 Å². The van der Waals surface area contributed by atoms with Crippen LogP contribution in [-0.2, 0) is 0 Å². The third kappa shape index (κ3) is 3.10. The molecule has 1 aromatic heterocycles. The van der Waals surface area contributed by atoms with Gasteiger partial charge in [0.05, 0.1) is 16.4 Å². The molecule has 0 unspecified atom stereocenters. The van der Waals surface area contributed by atoms with Gasteiger partial charge in [0.15, 0.2) is 0 Å². The second-order valence-electron chi connectivity index (χ2n) is 4.35. The third-order valence-corrected chi connectivity index (χ3v) is 4.05. The average Bonchev–Trinajstić information content (AvgIpc) is 2.82. The van der Waals surface area contributed by atoms with Gasteiger partial charge in [0.1, 0.15) is 6.61 Å². The maximum Gasteiger partial charge on any atom is 0.228 e. The van der Waals surface area contributed by atoms with Crippen LogP contribution in [0, 0.1) is 6.92 Å². The molecular weight excluding hydrogens is 282 g/mol. The normalized spacial score (nSPS) is 16.4. The topological polar surface area (TPSA) is 51.4 Å². The number of nitrogens with zero attached hydrogens (tertiary/aromatic N) is 2. The molecule has 17 heavy (non-hydrogen) atoms. The largest absolute Gasteiger partial charge is 0.475 e. The van der Waals surface area contributed by atoms with Crippen molar-refractivity contribution in [3.8, 4) is 5.88 Å². The van der Waals surface area contributed by atoms with Crippen LogP contribution < -0.4 is 10.5 Å². The number of hydrogen-bond donors (Lipinski definition) is 1. The molecule has 1 aliphatic rings. The molecule has 0 atom stereocenters. The monoisotopic (exact) mass is 299 g/mol. The maximum absolute atomic E-state index is 5.76. The summed E-state index contributed by atoms with van der Waals surface area (Å²) in [5.74, 6) is 0.635. The predicted molar refractivity (Wildman–Crippen MR) is 72.3 cm³/mol. The van der Waals surface area contributed by atoms with Crippen LogP contribution in [-0.4, -0.2) is 36.1 Å². The standard InChI is InChI=1S/C12H18BrN3O/c1-9-10(14)8-15-12(11(9)13)17-7-6-16-4-2-3-5-16/h8H,2-7,14H2,1H3. The summed E-state index contributed by atoms with van der Waals surface area (Å²) in [6, 6.07) is 0. The van der Waals surface area contributed by atoms with Crippen LogP contribution in [0.25, 0.3) is 0 Å². The lowest BCUT2D eigenvalue weighted by Crippen LogP contribution is -2.25. The van der Waals surface area contributed by atoms with E-state index in [1.807, 2.05) is 6.92 Å². The Morgan fingerprint density at radius 1 is 1.47 bits per heavy atom. The molecule has 1 fully saturated rings. The van der Waals surface area contributed by atoms with Gasteiger partial charge in [-0.2, -0.15) is 0 Å². The molecule has 0 amide bonds. The van der Waals surface area contributed by atoms with Crippen molar-refractivity contribution in [2.75, 3.05) is 32.0 Å². The number of nitrogen functional groups attached to an aromatic ring is 1. The highest BCUT2D eigenvalue weighted by Gasteiger charge is 2.12. The van der Waals surface area contributed by atoms with Gasteiger partial charge in [-0.3, -0.25) is 4.90 Å². The van der Waals surface area contributed by atoms with E-state index in [1.165, 1.54) is 25.9 Å². The molecule has 2 rings (SSSR count). The van der Waals surface area contributed by atoms with Crippen LogP contribution in [0.1, 0.15) is 18.4 Å². The zero-order valence-corrected chi connectivity index (χ0v) is 11.7. The summed E-state index contributed by atoms with van der Waals surface area (Å²) < 4.78 is 6.54. The number of nitrogens with two attached hydrogens (primary N) is 1. The summed E-state index contributed by atoms with van der Waals surface area (Å²) in [6.45, 7) is 5.98. The van der Waals surface area contributed by atoms with Gasteiger partial charge in [-0.15, -0.1) is 0 Å². The Labute approximate surface area is 110 Å². The second kappa shape index (κ2) is 5.69. The Morgan fingerprint density at radius 3 is 2.88 bits per heavy atom. The van der Waals surface area contributed by atoms with E-state index in [-0.39, 0.29) is 0 Å². The van der Waals surface area contributed by atoms with E-state index in [4.69, 9.17) is 10.5 Å². The minimum absolute atomic E-state index is 0.635. The van der Waals surface area contributed by atoms with Crippen molar-refractivity contribution in [3.63, 3.8) is 0 Å². The highest BCUT2D eigenvalue weighted by molar-refractivity contribution is 9.10. The Kier molecular flexibility index (Phi) is 4.23. The predicted octanol–water partition coefficient (Wildman–Crippen LogP) is 2.21. The first kappa shape index (κ1) is 12.6. The summed E-state index contributed by atoms with van der Waals surface area (Å²) in [7, 11) is 0. The number of pyridine rings is 1. The van der Waals surface area contributed by atoms with Gasteiger partial charge in [-0.1, -0.05) is 0 Å². The quantitative estimate of drug-likeness (QED) is 0.926. The first-order valence-electron chi connectivity index (χ1n) is 5.94. The van der Waals surface area contributed by atoms with Crippen molar-refractivity contribution in [2.45, 2.75) is 19.8 Å². The Morgan fingerprint density at radius 2 is 2.18 bits per heavy atom. The van der Waals surface area contributed by atoms with E-state index in [0.29, 0.717) is 18.2 Å². The minimum atomic E-state index is 0.635. The Balaban J connectivity index is 1.88. The maximum atomic E-state index is 5.76. The summed E-state index contributed by atoms with van der Waals surface area (Å²) >= 11 is 3.46. The number of ether oxygens (including phenoxy) is 1. The van der Waals surface area contributed by atoms with E-state index < -0.39 is 0 Å². The molecule has 1 aliphatic heterocycles. The molecule has 2 N–H and O–H groups in total. The molecule has 0 aliphatic carbocycles. The molecule has 4 nitrogen and oxygen atoms in total. The molecule has 2 heterocycles. The molecule has 0 saturated carbocycles. The molecule has 94 valence electrons. The first-order chi connectivity index (χ1) is 8.18. The summed E-state index contributed by atoms with van der Waals surface area (Å²) in [5, 5.41) is 0. The van der Waals surface area contributed by atoms with Crippen molar-refractivity contribution >= 4 is 21.6 Å². The van der Waals surface area contributed by atoms with Crippen LogP contribution in [0.15, 0.2) is 10.7 Å². The van der Waals surface area contributed by atoms with Crippen molar-refractivity contribution in [2.24, 2.45) is 0 Å². The molecule has 0 aromatic carbocycles. The number of halogens is 1. The zero-order chi connectivity index (χ0) is 12.3. The van der Waals surface area contributed by atoms with E-state index in [2.05, 4.69) is 25.8 Å². The van der Waals surface area contributed by atoms with Crippen LogP contribution in [0.5, 0.6) is 5.88 Å². The van der Waals surface area contributed by atoms with E-state index in [0.717, 1.165) is 16.6 Å². The van der Waals surface area contributed by atoms with Gasteiger partial charge in [0, 0.05) is 6.54 Å². The molecule has 1 aromatic rings. The van der Waals surface area contributed by atoms with E-state index >= 15 is 0 Å². The van der Waals surface area contributed by atoms with Gasteiger partial charge in [0.25, 0.3) is 0 Å². The average molecular weight is 300 g/mol. The molecule has 0 radical (unpaired) electrons. The van der Waals surface area contributed by atoms with Gasteiger partial charge < -0.3 is 10.5 Å². The van der Waals surface area contributed by atoms with Crippen LogP contribution in [0.4, 0.5) is 5.69 Å². The summed E-state index contributed by atoms with van der Waals surface area (Å²) in [4.78, 5) is 6.60. The molecule has 0 bridgehead atoms. The molecule has 0 spiro atoms. The molecular formula is C12H18BrN3O. The molecule has 5 heteroatoms. The Hall–Kier alpha value is -0.810. The lowest BCUT2D eigenvalue weighted by molar-refractivity contribution is 0.231. The highest BCUT2D eigenvalue weighted by Crippen LogP contribution is 2.29. The highest BCUT2D eigenvalue weighted by atomic mass is 79.9. The van der Waals surface area contributed by atoms with Crippen molar-refractivity contribution in [3.05, 3.63) is 16.2 Å². The number of aromatic nitrogens is 1. The lowest BCUT2D eigenvalue weighted by Gasteiger charge is -2.15. The molecule has 1 saturated heterocycles. The van der Waals surface area contributed by atoms with Gasteiger partial charge in [-0.25, -0.2) is 4.98 Å². The lowest BCUT2D eigenvalue weighted by atomic mass is 10.2. The van der Waals surface area contributed by atoms with Crippen molar-refractivity contribution in [1.29, 1.82) is 0 Å². The summed E-state index contributed by atoms with van der Waals surface area (Å²) in [5.41, 5.74) is 7.43. The number of anilines is 1. The van der Waals surface area contributed by atoms with E-state index in [1.54, 1.807) is 6.20 Å². The van der Waals surface area contributed by atoms with Crippen molar-refractivity contribution in [1.82, 2.24) is 9.88 Å². The first-order valence-corrected chi connectivity index (χ1v) is 6.73. The summed E-state index contributed by atoms with van der Waals surface area (Å²) in [6.07, 6.45) is 4.26. The van der Waals surface area contributed by atoms with Gasteiger partial charge in [0.2, 0.25) is 5.88 Å². The van der Waals surface area contributed by atoms with Crippen LogP contribution >= 0.6 is 15.9 Å². The van der Waals surface area contributed by atoms with Crippen LogP contribution in [0.3, 0.4) is 0 Å². The van der Waals surface area contributed by atoms with Gasteiger partial charge in [-0.05, 0) is 54.3 Å². The third-order valence-electron chi connectivity index (χ3n) is 3.12. The van der Waals surface area contributed by atoms with Crippen LogP contribution in [0.2, 0.25) is 0 Å². The Bertz CT molecular complexity index is 392. The minimum Gasteiger partial charge on any atom is -0.475 e. The van der Waals surface area contributed by atoms with Crippen molar-refractivity contribution < 1.29 is 4.74 Å². The number of likely N-dealkylation sites (tertiary alicyclic amines) is 1. The SMILES string of the molecule is Cc1c(N)cnc(OCCN2CCCC2)c1Br. The number of rotatable bonds is 4. The second-order valence-corrected chi connectivity index (χ2v) is 5.15. The fourth-order valence-corrected chi connectivity index (χ4v) is 2.39.